The molecule has 1 N–H and O–H groups in total. The van der Waals surface area contributed by atoms with E-state index in [9.17, 15) is 22.9 Å². The summed E-state index contributed by atoms with van der Waals surface area (Å²) in [7, 11) is -3.73. The Balaban J connectivity index is 1.94. The van der Waals surface area contributed by atoms with Crippen molar-refractivity contribution in [3.8, 4) is 29.2 Å². The maximum Gasteiger partial charge on any atom is 0.193 e. The Morgan fingerprint density at radius 1 is 1.03 bits per heavy atom. The Labute approximate surface area is 193 Å². The second-order valence-corrected chi connectivity index (χ2v) is 9.53. The van der Waals surface area contributed by atoms with Crippen LogP contribution < -0.4 is 5.43 Å². The van der Waals surface area contributed by atoms with Crippen molar-refractivity contribution in [3.05, 3.63) is 92.9 Å². The number of halogens is 2. The average Bonchev–Trinajstić information content (AvgIpc) is 2.77. The number of rotatable bonds is 2. The molecule has 0 saturated carbocycles. The predicted octanol–water partition coefficient (Wildman–Crippen LogP) is 3.85. The van der Waals surface area contributed by atoms with Crippen LogP contribution in [0.2, 0.25) is 0 Å². The zero-order valence-corrected chi connectivity index (χ0v) is 18.7. The average molecular weight is 475 g/mol. The lowest BCUT2D eigenvalue weighted by atomic mass is 10.0. The van der Waals surface area contributed by atoms with Crippen LogP contribution >= 0.6 is 0 Å². The molecule has 0 unspecified atom stereocenters. The highest BCUT2D eigenvalue weighted by molar-refractivity contribution is 7.90. The molecule has 6 nitrogen and oxygen atoms in total. The van der Waals surface area contributed by atoms with Crippen molar-refractivity contribution in [3.63, 3.8) is 0 Å². The summed E-state index contributed by atoms with van der Waals surface area (Å²) >= 11 is 0. The first kappa shape index (κ1) is 22.8. The molecule has 0 aliphatic heterocycles. The Hall–Kier alpha value is -4.34. The van der Waals surface area contributed by atoms with E-state index in [1.807, 2.05) is 6.07 Å². The molecule has 0 radical (unpaired) electrons. The molecule has 0 fully saturated rings. The van der Waals surface area contributed by atoms with Crippen molar-refractivity contribution < 1.29 is 17.2 Å². The van der Waals surface area contributed by atoms with E-state index in [0.717, 1.165) is 18.4 Å². The Bertz CT molecular complexity index is 1760. The van der Waals surface area contributed by atoms with Crippen molar-refractivity contribution in [2.75, 3.05) is 6.26 Å². The molecule has 34 heavy (non-hydrogen) atoms. The van der Waals surface area contributed by atoms with Crippen LogP contribution in [0.3, 0.4) is 0 Å². The summed E-state index contributed by atoms with van der Waals surface area (Å²) in [5, 5.41) is 8.77. The van der Waals surface area contributed by atoms with E-state index in [4.69, 9.17) is 0 Å². The lowest BCUT2D eigenvalue weighted by Gasteiger charge is -2.11. The van der Waals surface area contributed by atoms with Gasteiger partial charge < -0.3 is 4.98 Å². The van der Waals surface area contributed by atoms with Crippen LogP contribution in [-0.2, 0) is 9.84 Å². The topological polar surface area (TPSA) is 104 Å². The highest BCUT2D eigenvalue weighted by atomic mass is 32.2. The van der Waals surface area contributed by atoms with Crippen LogP contribution in [0.15, 0.2) is 58.4 Å². The van der Waals surface area contributed by atoms with Crippen LogP contribution in [0.25, 0.3) is 22.2 Å². The summed E-state index contributed by atoms with van der Waals surface area (Å²) in [6, 6.07) is 10.9. The third kappa shape index (κ3) is 4.29. The minimum atomic E-state index is -3.73. The monoisotopic (exact) mass is 475 g/mol. The van der Waals surface area contributed by atoms with Crippen LogP contribution in [0.5, 0.6) is 0 Å². The molecule has 4 aromatic rings. The molecule has 2 heterocycles. The maximum atomic E-state index is 15.2. The Kier molecular flexibility index (Phi) is 5.74. The van der Waals surface area contributed by atoms with Crippen LogP contribution in [0.4, 0.5) is 8.78 Å². The van der Waals surface area contributed by atoms with Gasteiger partial charge in [-0.25, -0.2) is 17.2 Å². The van der Waals surface area contributed by atoms with Gasteiger partial charge in [0.1, 0.15) is 5.82 Å². The van der Waals surface area contributed by atoms with Gasteiger partial charge in [-0.1, -0.05) is 11.8 Å². The molecular formula is C25H15F2N3O3S. The van der Waals surface area contributed by atoms with Gasteiger partial charge in [-0.3, -0.25) is 9.78 Å². The van der Waals surface area contributed by atoms with Crippen molar-refractivity contribution in [2.45, 2.75) is 11.8 Å². The number of nitrogens with one attached hydrogen (secondary N) is 1. The number of hydrogen-bond acceptors (Lipinski definition) is 5. The fourth-order valence-electron chi connectivity index (χ4n) is 3.49. The van der Waals surface area contributed by atoms with E-state index >= 15 is 4.39 Å². The second-order valence-electron chi connectivity index (χ2n) is 7.55. The standard InChI is InChI=1S/C25H15F2N3O3S/c1-14-9-15(7-8-29-14)3-5-17-19(26)11-21-24(25(17)27)22(31)12-20(30-21)18-10-16(13-28)4-6-23(18)34(2,32)33/h4,6-12H,1-2H3,(H,30,31). The van der Waals surface area contributed by atoms with Gasteiger partial charge in [0.15, 0.2) is 21.1 Å². The van der Waals surface area contributed by atoms with Gasteiger partial charge in [0, 0.05) is 35.3 Å². The van der Waals surface area contributed by atoms with Gasteiger partial charge in [-0.05, 0) is 43.3 Å². The summed E-state index contributed by atoms with van der Waals surface area (Å²) in [4.78, 5) is 19.5. The van der Waals surface area contributed by atoms with E-state index in [-0.39, 0.29) is 27.2 Å². The van der Waals surface area contributed by atoms with Crippen LogP contribution in [-0.4, -0.2) is 24.6 Å². The van der Waals surface area contributed by atoms with Gasteiger partial charge in [0.2, 0.25) is 0 Å². The summed E-state index contributed by atoms with van der Waals surface area (Å²) < 4.78 is 54.4. The number of nitrogens with zero attached hydrogens (tertiary/aromatic N) is 2. The molecule has 0 atom stereocenters. The highest BCUT2D eigenvalue weighted by Gasteiger charge is 2.20. The molecule has 4 rings (SSSR count). The normalized spacial score (nSPS) is 11.0. The SMILES string of the molecule is Cc1cc(C#Cc2c(F)cc3[nH]c(-c4cc(C#N)ccc4S(C)(=O)=O)cc(=O)c3c2F)ccn1. The van der Waals surface area contributed by atoms with Crippen molar-refractivity contribution in [2.24, 2.45) is 0 Å². The third-order valence-electron chi connectivity index (χ3n) is 5.04. The second kappa shape index (κ2) is 8.54. The number of hydrogen-bond donors (Lipinski definition) is 1. The van der Waals surface area contributed by atoms with Crippen molar-refractivity contribution in [1.29, 1.82) is 5.26 Å². The molecule has 2 aromatic carbocycles. The molecule has 0 saturated heterocycles. The van der Waals surface area contributed by atoms with Gasteiger partial charge in [-0.2, -0.15) is 5.26 Å². The number of fused-ring (bicyclic) bond motifs is 1. The van der Waals surface area contributed by atoms with E-state index in [1.54, 1.807) is 19.1 Å². The van der Waals surface area contributed by atoms with Gasteiger partial charge in [0.05, 0.1) is 38.7 Å². The van der Waals surface area contributed by atoms with Gasteiger partial charge in [0.25, 0.3) is 0 Å². The van der Waals surface area contributed by atoms with Crippen LogP contribution in [0.1, 0.15) is 22.4 Å². The van der Waals surface area contributed by atoms with Gasteiger partial charge in [-0.15, -0.1) is 0 Å². The predicted molar refractivity (Wildman–Crippen MR) is 123 cm³/mol. The first-order valence-electron chi connectivity index (χ1n) is 9.83. The molecule has 168 valence electrons. The lowest BCUT2D eigenvalue weighted by Crippen LogP contribution is -2.09. The number of benzene rings is 2. The van der Waals surface area contributed by atoms with Crippen LogP contribution in [0, 0.1) is 41.7 Å². The van der Waals surface area contributed by atoms with Crippen molar-refractivity contribution >= 4 is 20.7 Å². The molecule has 2 aromatic heterocycles. The van der Waals surface area contributed by atoms with E-state index in [2.05, 4.69) is 21.8 Å². The fraction of sp³-hybridized carbons (Fsp3) is 0.0800. The zero-order valence-electron chi connectivity index (χ0n) is 17.9. The molecule has 9 heteroatoms. The molecule has 0 aliphatic carbocycles. The van der Waals surface area contributed by atoms with Gasteiger partial charge >= 0.3 is 0 Å². The summed E-state index contributed by atoms with van der Waals surface area (Å²) in [6.07, 6.45) is 2.50. The number of aromatic amines is 1. The first-order chi connectivity index (χ1) is 16.1. The first-order valence-corrected chi connectivity index (χ1v) is 11.7. The van der Waals surface area contributed by atoms with Crippen molar-refractivity contribution in [1.82, 2.24) is 9.97 Å². The quantitative estimate of drug-likeness (QED) is 0.444. The molecule has 0 bridgehead atoms. The minimum absolute atomic E-state index is 0.0000741. The Morgan fingerprint density at radius 2 is 1.79 bits per heavy atom. The number of aryl methyl sites for hydroxylation is 1. The number of sulfone groups is 1. The summed E-state index contributed by atoms with van der Waals surface area (Å²) in [5.74, 6) is 2.98. The zero-order chi connectivity index (χ0) is 24.6. The third-order valence-corrected chi connectivity index (χ3v) is 6.19. The van der Waals surface area contributed by atoms with E-state index in [1.165, 1.54) is 24.4 Å². The van der Waals surface area contributed by atoms with E-state index in [0.29, 0.717) is 11.3 Å². The molecule has 0 aliphatic rings. The highest BCUT2D eigenvalue weighted by Crippen LogP contribution is 2.29. The minimum Gasteiger partial charge on any atom is -0.354 e. The fourth-order valence-corrected chi connectivity index (χ4v) is 4.38. The smallest absolute Gasteiger partial charge is 0.193 e. The number of pyridine rings is 2. The largest absolute Gasteiger partial charge is 0.354 e. The lowest BCUT2D eigenvalue weighted by molar-refractivity contribution is 0.585. The molecule has 0 amide bonds. The Morgan fingerprint density at radius 3 is 2.47 bits per heavy atom. The number of H-pyrrole nitrogens is 1. The number of nitriles is 1. The maximum absolute atomic E-state index is 15.2. The summed E-state index contributed by atoms with van der Waals surface area (Å²) in [6.45, 7) is 1.75. The van der Waals surface area contributed by atoms with E-state index < -0.39 is 37.9 Å². The molecular weight excluding hydrogens is 460 g/mol. The molecule has 0 spiro atoms. The summed E-state index contributed by atoms with van der Waals surface area (Å²) in [5.41, 5.74) is -0.166. The number of aromatic nitrogens is 2.